The number of ether oxygens (including phenoxy) is 1. The van der Waals surface area contributed by atoms with Crippen LogP contribution >= 0.6 is 11.6 Å². The van der Waals surface area contributed by atoms with Crippen molar-refractivity contribution in [3.8, 4) is 5.75 Å². The Hall–Kier alpha value is -2.40. The highest BCUT2D eigenvalue weighted by molar-refractivity contribution is 6.31. The SMILES string of the molecule is NC(=O)c1cc(F)ccc1OCC(=O)c1cccc(Cl)c1. The molecule has 0 aliphatic rings. The minimum atomic E-state index is -0.834. The van der Waals surface area contributed by atoms with E-state index in [0.717, 1.165) is 12.1 Å². The van der Waals surface area contributed by atoms with Crippen LogP contribution in [-0.4, -0.2) is 18.3 Å². The number of carbonyl (C=O) groups is 2. The summed E-state index contributed by atoms with van der Waals surface area (Å²) in [7, 11) is 0. The molecule has 0 aliphatic carbocycles. The van der Waals surface area contributed by atoms with Crippen molar-refractivity contribution in [2.75, 3.05) is 6.61 Å². The Kier molecular flexibility index (Phi) is 4.55. The molecule has 1 amide bonds. The summed E-state index contributed by atoms with van der Waals surface area (Å²) in [5.41, 5.74) is 5.40. The van der Waals surface area contributed by atoms with Gasteiger partial charge in [-0.2, -0.15) is 0 Å². The van der Waals surface area contributed by atoms with Gasteiger partial charge in [0.15, 0.2) is 12.4 Å². The number of amides is 1. The van der Waals surface area contributed by atoms with E-state index >= 15 is 0 Å². The molecule has 0 aliphatic heterocycles. The van der Waals surface area contributed by atoms with Crippen molar-refractivity contribution in [1.82, 2.24) is 0 Å². The van der Waals surface area contributed by atoms with Crippen molar-refractivity contribution in [3.05, 3.63) is 64.4 Å². The minimum Gasteiger partial charge on any atom is -0.485 e. The van der Waals surface area contributed by atoms with Crippen molar-refractivity contribution < 1.29 is 18.7 Å². The summed E-state index contributed by atoms with van der Waals surface area (Å²) in [6.45, 7) is -0.313. The molecule has 0 heterocycles. The number of benzene rings is 2. The maximum Gasteiger partial charge on any atom is 0.252 e. The number of halogens is 2. The van der Waals surface area contributed by atoms with Gasteiger partial charge in [0.05, 0.1) is 5.56 Å². The first-order chi connectivity index (χ1) is 9.97. The van der Waals surface area contributed by atoms with Gasteiger partial charge in [0.25, 0.3) is 5.91 Å². The fourth-order valence-corrected chi connectivity index (χ4v) is 1.90. The first-order valence-corrected chi connectivity index (χ1v) is 6.36. The number of carbonyl (C=O) groups excluding carboxylic acids is 2. The molecule has 2 aromatic carbocycles. The van der Waals surface area contributed by atoms with Gasteiger partial charge < -0.3 is 10.5 Å². The molecule has 0 radical (unpaired) electrons. The average molecular weight is 308 g/mol. The van der Waals surface area contributed by atoms with E-state index in [0.29, 0.717) is 10.6 Å². The summed E-state index contributed by atoms with van der Waals surface area (Å²) in [6.07, 6.45) is 0. The monoisotopic (exact) mass is 307 g/mol. The zero-order valence-corrected chi connectivity index (χ0v) is 11.6. The van der Waals surface area contributed by atoms with E-state index in [4.69, 9.17) is 22.1 Å². The molecule has 6 heteroatoms. The summed E-state index contributed by atoms with van der Waals surface area (Å²) in [5, 5.41) is 0.431. The quantitative estimate of drug-likeness (QED) is 0.864. The maximum absolute atomic E-state index is 13.1. The molecule has 0 fully saturated rings. The van der Waals surface area contributed by atoms with Gasteiger partial charge in [-0.25, -0.2) is 4.39 Å². The summed E-state index contributed by atoms with van der Waals surface area (Å²) in [4.78, 5) is 23.2. The third-order valence-electron chi connectivity index (χ3n) is 2.71. The van der Waals surface area contributed by atoms with Crippen LogP contribution in [-0.2, 0) is 0 Å². The molecular formula is C15H11ClFNO3. The molecule has 2 rings (SSSR count). The predicted molar refractivity (Wildman–Crippen MR) is 76.2 cm³/mol. The van der Waals surface area contributed by atoms with Crippen LogP contribution in [0.5, 0.6) is 5.75 Å². The highest BCUT2D eigenvalue weighted by Gasteiger charge is 2.13. The third-order valence-corrected chi connectivity index (χ3v) is 2.95. The molecule has 4 nitrogen and oxygen atoms in total. The zero-order chi connectivity index (χ0) is 15.4. The smallest absolute Gasteiger partial charge is 0.252 e. The fourth-order valence-electron chi connectivity index (χ4n) is 1.71. The fraction of sp³-hybridized carbons (Fsp3) is 0.0667. The van der Waals surface area contributed by atoms with Gasteiger partial charge in [0.2, 0.25) is 0 Å². The van der Waals surface area contributed by atoms with E-state index in [1.54, 1.807) is 18.2 Å². The lowest BCUT2D eigenvalue weighted by Gasteiger charge is -2.09. The number of rotatable bonds is 5. The van der Waals surface area contributed by atoms with Crippen molar-refractivity contribution in [3.63, 3.8) is 0 Å². The van der Waals surface area contributed by atoms with Gasteiger partial charge >= 0.3 is 0 Å². The summed E-state index contributed by atoms with van der Waals surface area (Å²) in [5.74, 6) is -1.71. The van der Waals surface area contributed by atoms with Gasteiger partial charge in [-0.15, -0.1) is 0 Å². The van der Waals surface area contributed by atoms with E-state index in [1.807, 2.05) is 0 Å². The standard InChI is InChI=1S/C15H11ClFNO3/c16-10-3-1-2-9(6-10)13(19)8-21-14-5-4-11(17)7-12(14)15(18)20/h1-7H,8H2,(H2,18,20). The Morgan fingerprint density at radius 2 is 1.95 bits per heavy atom. The van der Waals surface area contributed by atoms with E-state index in [-0.39, 0.29) is 23.7 Å². The van der Waals surface area contributed by atoms with Crippen LogP contribution in [0.1, 0.15) is 20.7 Å². The molecule has 0 saturated heterocycles. The van der Waals surface area contributed by atoms with E-state index < -0.39 is 11.7 Å². The second-order valence-electron chi connectivity index (χ2n) is 4.23. The van der Waals surface area contributed by atoms with Gasteiger partial charge in [0, 0.05) is 10.6 Å². The van der Waals surface area contributed by atoms with Gasteiger partial charge in [-0.3, -0.25) is 9.59 Å². The minimum absolute atomic E-state index is 0.0549. The van der Waals surface area contributed by atoms with Crippen molar-refractivity contribution >= 4 is 23.3 Å². The van der Waals surface area contributed by atoms with E-state index in [1.165, 1.54) is 12.1 Å². The van der Waals surface area contributed by atoms with Crippen LogP contribution in [0.3, 0.4) is 0 Å². The molecule has 21 heavy (non-hydrogen) atoms. The molecule has 0 atom stereocenters. The average Bonchev–Trinajstić information content (AvgIpc) is 2.45. The second kappa shape index (κ2) is 6.37. The van der Waals surface area contributed by atoms with E-state index in [9.17, 15) is 14.0 Å². The molecule has 0 aromatic heterocycles. The third kappa shape index (κ3) is 3.79. The van der Waals surface area contributed by atoms with Crippen LogP contribution in [0.2, 0.25) is 5.02 Å². The Morgan fingerprint density at radius 1 is 1.19 bits per heavy atom. The molecule has 0 unspecified atom stereocenters. The number of Topliss-reactive ketones (excluding diaryl/α,β-unsaturated/α-hetero) is 1. The lowest BCUT2D eigenvalue weighted by molar-refractivity contribution is 0.0912. The first-order valence-electron chi connectivity index (χ1n) is 5.98. The first kappa shape index (κ1) is 15.0. The highest BCUT2D eigenvalue weighted by atomic mass is 35.5. The Labute approximate surface area is 125 Å². The molecule has 0 bridgehead atoms. The largest absolute Gasteiger partial charge is 0.485 e. The lowest BCUT2D eigenvalue weighted by atomic mass is 10.1. The molecule has 108 valence electrons. The van der Waals surface area contributed by atoms with Crippen molar-refractivity contribution in [2.24, 2.45) is 5.73 Å². The summed E-state index contributed by atoms with van der Waals surface area (Å²) in [6, 6.07) is 9.71. The van der Waals surface area contributed by atoms with Crippen LogP contribution in [0.4, 0.5) is 4.39 Å². The Morgan fingerprint density at radius 3 is 2.62 bits per heavy atom. The van der Waals surface area contributed by atoms with Crippen LogP contribution in [0.15, 0.2) is 42.5 Å². The summed E-state index contributed by atoms with van der Waals surface area (Å²) >= 11 is 5.79. The molecule has 2 aromatic rings. The van der Waals surface area contributed by atoms with E-state index in [2.05, 4.69) is 0 Å². The Bertz CT molecular complexity index is 703. The zero-order valence-electron chi connectivity index (χ0n) is 10.8. The molecule has 0 spiro atoms. The summed E-state index contributed by atoms with van der Waals surface area (Å²) < 4.78 is 18.3. The topological polar surface area (TPSA) is 69.4 Å². The number of ketones is 1. The van der Waals surface area contributed by atoms with Gasteiger partial charge in [-0.1, -0.05) is 23.7 Å². The predicted octanol–water partition coefficient (Wildman–Crippen LogP) is 2.84. The highest BCUT2D eigenvalue weighted by Crippen LogP contribution is 2.20. The normalized spacial score (nSPS) is 10.2. The van der Waals surface area contributed by atoms with Crippen LogP contribution in [0, 0.1) is 5.82 Å². The molecule has 0 saturated carbocycles. The number of hydrogen-bond donors (Lipinski definition) is 1. The second-order valence-corrected chi connectivity index (χ2v) is 4.66. The maximum atomic E-state index is 13.1. The number of hydrogen-bond acceptors (Lipinski definition) is 3. The van der Waals surface area contributed by atoms with Gasteiger partial charge in [0.1, 0.15) is 11.6 Å². The van der Waals surface area contributed by atoms with Gasteiger partial charge in [-0.05, 0) is 30.3 Å². The molecule has 2 N–H and O–H groups in total. The number of primary amides is 1. The molecular weight excluding hydrogens is 297 g/mol. The lowest BCUT2D eigenvalue weighted by Crippen LogP contribution is -2.16. The Balaban J connectivity index is 2.13. The van der Waals surface area contributed by atoms with Crippen LogP contribution in [0.25, 0.3) is 0 Å². The number of nitrogens with two attached hydrogens (primary N) is 1. The van der Waals surface area contributed by atoms with Crippen molar-refractivity contribution in [2.45, 2.75) is 0 Å². The van der Waals surface area contributed by atoms with Crippen LogP contribution < -0.4 is 10.5 Å². The van der Waals surface area contributed by atoms with Crippen molar-refractivity contribution in [1.29, 1.82) is 0 Å².